The van der Waals surface area contributed by atoms with E-state index in [4.69, 9.17) is 0 Å². The van der Waals surface area contributed by atoms with Crippen LogP contribution < -0.4 is 10.6 Å². The maximum absolute atomic E-state index is 12.6. The molecular weight excluding hydrogens is 310 g/mol. The second-order valence-corrected chi connectivity index (χ2v) is 7.32. The Kier molecular flexibility index (Phi) is 4.79. The fraction of sp³-hybridized carbons (Fsp3) is 0.429. The zero-order valence-corrected chi connectivity index (χ0v) is 14.4. The molecule has 4 rings (SSSR count). The number of hydrogen-bond acceptors (Lipinski definition) is 3. The van der Waals surface area contributed by atoms with Crippen LogP contribution >= 0.6 is 0 Å². The van der Waals surface area contributed by atoms with Crippen molar-refractivity contribution in [2.45, 2.75) is 50.6 Å². The lowest BCUT2D eigenvalue weighted by Gasteiger charge is -2.24. The van der Waals surface area contributed by atoms with Crippen molar-refractivity contribution in [1.82, 2.24) is 10.3 Å². The molecule has 25 heavy (non-hydrogen) atoms. The van der Waals surface area contributed by atoms with Crippen molar-refractivity contribution in [3.8, 4) is 0 Å². The lowest BCUT2D eigenvalue weighted by Crippen LogP contribution is -2.39. The van der Waals surface area contributed by atoms with E-state index in [1.165, 1.54) is 36.8 Å². The predicted octanol–water partition coefficient (Wildman–Crippen LogP) is 3.53. The third-order valence-electron chi connectivity index (χ3n) is 5.56. The van der Waals surface area contributed by atoms with E-state index in [9.17, 15) is 4.79 Å². The number of amides is 1. The molecule has 1 aromatic heterocycles. The van der Waals surface area contributed by atoms with Gasteiger partial charge in [0.2, 0.25) is 5.91 Å². The summed E-state index contributed by atoms with van der Waals surface area (Å²) in [5.41, 5.74) is 3.35. The van der Waals surface area contributed by atoms with Crippen LogP contribution in [0.2, 0.25) is 0 Å². The Bertz CT molecular complexity index is 700. The van der Waals surface area contributed by atoms with Crippen molar-refractivity contribution in [3.05, 3.63) is 59.9 Å². The lowest BCUT2D eigenvalue weighted by atomic mass is 9.85. The highest BCUT2D eigenvalue weighted by Crippen LogP contribution is 2.33. The Hall–Kier alpha value is -2.20. The smallest absolute Gasteiger partial charge is 0.241 e. The van der Waals surface area contributed by atoms with Crippen LogP contribution in [0.25, 0.3) is 0 Å². The zero-order valence-electron chi connectivity index (χ0n) is 14.4. The van der Waals surface area contributed by atoms with Gasteiger partial charge >= 0.3 is 0 Å². The summed E-state index contributed by atoms with van der Waals surface area (Å²) in [6.45, 7) is 0. The number of rotatable bonds is 4. The Labute approximate surface area is 149 Å². The van der Waals surface area contributed by atoms with Crippen LogP contribution in [0.1, 0.15) is 43.2 Å². The molecule has 1 amide bonds. The number of carbonyl (C=O) groups is 1. The summed E-state index contributed by atoms with van der Waals surface area (Å²) >= 11 is 0. The van der Waals surface area contributed by atoms with Crippen molar-refractivity contribution >= 4 is 11.6 Å². The summed E-state index contributed by atoms with van der Waals surface area (Å²) in [5.74, 6) is 0.795. The average molecular weight is 335 g/mol. The zero-order chi connectivity index (χ0) is 17.1. The number of nitrogens with one attached hydrogen (secondary N) is 2. The molecule has 4 heteroatoms. The van der Waals surface area contributed by atoms with Crippen LogP contribution in [0.15, 0.2) is 48.8 Å². The fourth-order valence-electron chi connectivity index (χ4n) is 4.19. The van der Waals surface area contributed by atoms with E-state index in [-0.39, 0.29) is 11.9 Å². The molecule has 0 radical (unpaired) electrons. The minimum absolute atomic E-state index is 0.0374. The standard InChI is InChI=1S/C21H25N3O/c25-21(20-14-17-3-1-2-4-19(17)24-20)23-18-7-5-15(6-8-18)13-16-9-11-22-12-10-16/h5-12,17,19-20,24H,1-4,13-14H2,(H,23,25). The first-order chi connectivity index (χ1) is 12.3. The minimum Gasteiger partial charge on any atom is -0.325 e. The predicted molar refractivity (Wildman–Crippen MR) is 99.4 cm³/mol. The van der Waals surface area contributed by atoms with Gasteiger partial charge in [-0.2, -0.15) is 0 Å². The number of pyridine rings is 1. The molecule has 1 saturated carbocycles. The van der Waals surface area contributed by atoms with E-state index >= 15 is 0 Å². The van der Waals surface area contributed by atoms with E-state index in [1.807, 2.05) is 36.7 Å². The van der Waals surface area contributed by atoms with Crippen LogP contribution in [-0.2, 0) is 11.2 Å². The number of benzene rings is 1. The maximum Gasteiger partial charge on any atom is 0.241 e. The molecule has 0 bridgehead atoms. The monoisotopic (exact) mass is 335 g/mol. The van der Waals surface area contributed by atoms with E-state index in [0.717, 1.165) is 18.5 Å². The highest BCUT2D eigenvalue weighted by atomic mass is 16.2. The van der Waals surface area contributed by atoms with Gasteiger partial charge in [0.25, 0.3) is 0 Å². The van der Waals surface area contributed by atoms with Crippen LogP contribution in [0.5, 0.6) is 0 Å². The quantitative estimate of drug-likeness (QED) is 0.899. The molecule has 2 fully saturated rings. The van der Waals surface area contributed by atoms with Gasteiger partial charge in [0.05, 0.1) is 6.04 Å². The third kappa shape index (κ3) is 3.90. The van der Waals surface area contributed by atoms with Crippen molar-refractivity contribution < 1.29 is 4.79 Å². The Morgan fingerprint density at radius 1 is 1.04 bits per heavy atom. The number of carbonyl (C=O) groups excluding carboxylic acids is 1. The van der Waals surface area contributed by atoms with Crippen LogP contribution in [0, 0.1) is 5.92 Å². The molecular formula is C21H25N3O. The second-order valence-electron chi connectivity index (χ2n) is 7.32. The summed E-state index contributed by atoms with van der Waals surface area (Å²) in [7, 11) is 0. The minimum atomic E-state index is -0.0374. The molecule has 2 N–H and O–H groups in total. The van der Waals surface area contributed by atoms with Gasteiger partial charge in [-0.05, 0) is 67.0 Å². The summed E-state index contributed by atoms with van der Waals surface area (Å²) < 4.78 is 0. The molecule has 3 unspecified atom stereocenters. The highest BCUT2D eigenvalue weighted by molar-refractivity contribution is 5.95. The van der Waals surface area contributed by atoms with Crippen molar-refractivity contribution in [2.75, 3.05) is 5.32 Å². The molecule has 130 valence electrons. The van der Waals surface area contributed by atoms with Crippen molar-refractivity contribution in [1.29, 1.82) is 0 Å². The molecule has 1 aliphatic heterocycles. The van der Waals surface area contributed by atoms with E-state index in [2.05, 4.69) is 27.8 Å². The highest BCUT2D eigenvalue weighted by Gasteiger charge is 2.38. The van der Waals surface area contributed by atoms with Gasteiger partial charge in [-0.15, -0.1) is 0 Å². The number of aromatic nitrogens is 1. The van der Waals surface area contributed by atoms with Gasteiger partial charge in [0, 0.05) is 24.1 Å². The molecule has 4 nitrogen and oxygen atoms in total. The van der Waals surface area contributed by atoms with Gasteiger partial charge in [-0.1, -0.05) is 25.0 Å². The summed E-state index contributed by atoms with van der Waals surface area (Å²) in [6, 6.07) is 12.7. The van der Waals surface area contributed by atoms with Crippen LogP contribution in [-0.4, -0.2) is 23.0 Å². The molecule has 2 aromatic rings. The van der Waals surface area contributed by atoms with Gasteiger partial charge in [0.1, 0.15) is 0 Å². The number of anilines is 1. The first-order valence-electron chi connectivity index (χ1n) is 9.33. The second kappa shape index (κ2) is 7.36. The van der Waals surface area contributed by atoms with Gasteiger partial charge in [-0.25, -0.2) is 0 Å². The van der Waals surface area contributed by atoms with E-state index in [0.29, 0.717) is 12.0 Å². The molecule has 0 spiro atoms. The summed E-state index contributed by atoms with van der Waals surface area (Å²) in [6.07, 6.45) is 10.6. The summed E-state index contributed by atoms with van der Waals surface area (Å²) in [4.78, 5) is 16.6. The molecule has 1 aromatic carbocycles. The molecule has 2 heterocycles. The third-order valence-corrected chi connectivity index (χ3v) is 5.56. The largest absolute Gasteiger partial charge is 0.325 e. The van der Waals surface area contributed by atoms with E-state index < -0.39 is 0 Å². The molecule has 3 atom stereocenters. The van der Waals surface area contributed by atoms with E-state index in [1.54, 1.807) is 0 Å². The Morgan fingerprint density at radius 3 is 2.52 bits per heavy atom. The molecule has 1 saturated heterocycles. The summed E-state index contributed by atoms with van der Waals surface area (Å²) in [5, 5.41) is 6.61. The Morgan fingerprint density at radius 2 is 1.76 bits per heavy atom. The average Bonchev–Trinajstić information content (AvgIpc) is 3.09. The first-order valence-corrected chi connectivity index (χ1v) is 9.33. The van der Waals surface area contributed by atoms with Crippen molar-refractivity contribution in [3.63, 3.8) is 0 Å². The number of fused-ring (bicyclic) bond motifs is 1. The van der Waals surface area contributed by atoms with Gasteiger partial charge in [-0.3, -0.25) is 9.78 Å². The lowest BCUT2D eigenvalue weighted by molar-refractivity contribution is -0.117. The molecule has 1 aliphatic carbocycles. The maximum atomic E-state index is 12.6. The number of hydrogen-bond donors (Lipinski definition) is 2. The number of nitrogens with zero attached hydrogens (tertiary/aromatic N) is 1. The Balaban J connectivity index is 1.34. The van der Waals surface area contributed by atoms with Crippen LogP contribution in [0.3, 0.4) is 0 Å². The topological polar surface area (TPSA) is 54.0 Å². The first kappa shape index (κ1) is 16.3. The van der Waals surface area contributed by atoms with Gasteiger partial charge in [0.15, 0.2) is 0 Å². The normalized spacial score (nSPS) is 25.4. The SMILES string of the molecule is O=C(Nc1ccc(Cc2ccncc2)cc1)C1CC2CCCCC2N1. The van der Waals surface area contributed by atoms with Crippen molar-refractivity contribution in [2.24, 2.45) is 5.92 Å². The molecule has 2 aliphatic rings. The van der Waals surface area contributed by atoms with Gasteiger partial charge < -0.3 is 10.6 Å². The van der Waals surface area contributed by atoms with Crippen LogP contribution in [0.4, 0.5) is 5.69 Å². The fourth-order valence-corrected chi connectivity index (χ4v) is 4.19.